The Morgan fingerprint density at radius 3 is 2.33 bits per heavy atom. The number of fused-ring (bicyclic) bond motifs is 1. The van der Waals surface area contributed by atoms with E-state index in [4.69, 9.17) is 0 Å². The van der Waals surface area contributed by atoms with Crippen LogP contribution >= 0.6 is 0 Å². The van der Waals surface area contributed by atoms with Crippen molar-refractivity contribution in [2.45, 2.75) is 92.9 Å². The van der Waals surface area contributed by atoms with Crippen molar-refractivity contribution >= 4 is 0 Å². The number of hydrogen-bond donors (Lipinski definition) is 0. The zero-order chi connectivity index (χ0) is 15.5. The van der Waals surface area contributed by atoms with E-state index in [2.05, 4.69) is 41.5 Å². The summed E-state index contributed by atoms with van der Waals surface area (Å²) in [5.74, 6) is 4.09. The Bertz CT molecular complexity index is 395. The fraction of sp³-hybridized carbons (Fsp3) is 1.00. The van der Waals surface area contributed by atoms with Gasteiger partial charge in [0.15, 0.2) is 0 Å². The van der Waals surface area contributed by atoms with Gasteiger partial charge < -0.3 is 0 Å². The quantitative estimate of drug-likeness (QED) is 0.511. The zero-order valence-corrected chi connectivity index (χ0v) is 15.5. The SMILES string of the molecule is CCC(C)C1CC2(CCC3CCC3(C)C)CC(C)(CC)C12. The van der Waals surface area contributed by atoms with Crippen LogP contribution in [0.25, 0.3) is 0 Å². The van der Waals surface area contributed by atoms with Crippen LogP contribution in [0, 0.1) is 39.9 Å². The van der Waals surface area contributed by atoms with E-state index in [1.807, 2.05) is 0 Å². The van der Waals surface area contributed by atoms with Gasteiger partial charge in [-0.1, -0.05) is 54.4 Å². The van der Waals surface area contributed by atoms with Gasteiger partial charge in [-0.05, 0) is 78.4 Å². The fourth-order valence-corrected chi connectivity index (χ4v) is 6.68. The molecule has 3 aliphatic carbocycles. The van der Waals surface area contributed by atoms with Crippen molar-refractivity contribution in [3.8, 4) is 0 Å². The second-order valence-corrected chi connectivity index (χ2v) is 10.0. The van der Waals surface area contributed by atoms with E-state index < -0.39 is 0 Å². The van der Waals surface area contributed by atoms with E-state index in [0.29, 0.717) is 10.8 Å². The topological polar surface area (TPSA) is 0 Å². The molecule has 0 saturated heterocycles. The first kappa shape index (κ1) is 15.9. The Hall–Kier alpha value is 0. The normalized spacial score (nSPS) is 48.6. The molecule has 0 heteroatoms. The lowest BCUT2D eigenvalue weighted by Crippen LogP contribution is -2.67. The molecule has 21 heavy (non-hydrogen) atoms. The molecule has 0 amide bonds. The molecule has 0 N–H and O–H groups in total. The largest absolute Gasteiger partial charge is 0.0651 e. The first-order chi connectivity index (χ1) is 9.78. The van der Waals surface area contributed by atoms with Gasteiger partial charge >= 0.3 is 0 Å². The number of hydrogen-bond acceptors (Lipinski definition) is 0. The van der Waals surface area contributed by atoms with Gasteiger partial charge in [0.05, 0.1) is 0 Å². The molecule has 122 valence electrons. The predicted molar refractivity (Wildman–Crippen MR) is 92.2 cm³/mol. The van der Waals surface area contributed by atoms with Crippen molar-refractivity contribution in [2.24, 2.45) is 39.9 Å². The van der Waals surface area contributed by atoms with Crippen molar-refractivity contribution in [3.63, 3.8) is 0 Å². The highest BCUT2D eigenvalue weighted by Crippen LogP contribution is 2.77. The second-order valence-electron chi connectivity index (χ2n) is 10.0. The van der Waals surface area contributed by atoms with Crippen LogP contribution < -0.4 is 0 Å². The zero-order valence-electron chi connectivity index (χ0n) is 15.5. The molecule has 0 spiro atoms. The van der Waals surface area contributed by atoms with E-state index in [0.717, 1.165) is 29.1 Å². The summed E-state index contributed by atoms with van der Waals surface area (Å²) in [4.78, 5) is 0. The monoisotopic (exact) mass is 290 g/mol. The van der Waals surface area contributed by atoms with Crippen LogP contribution in [0.2, 0.25) is 0 Å². The molecule has 0 nitrogen and oxygen atoms in total. The molecule has 6 unspecified atom stereocenters. The highest BCUT2D eigenvalue weighted by atomic mass is 14.7. The summed E-state index contributed by atoms with van der Waals surface area (Å²) in [5.41, 5.74) is 2.12. The smallest absolute Gasteiger partial charge is 0.0253 e. The molecule has 0 aliphatic heterocycles. The van der Waals surface area contributed by atoms with E-state index in [-0.39, 0.29) is 0 Å². The van der Waals surface area contributed by atoms with Gasteiger partial charge in [0.2, 0.25) is 0 Å². The summed E-state index contributed by atoms with van der Waals surface area (Å²) in [6.07, 6.45) is 11.9. The van der Waals surface area contributed by atoms with Crippen molar-refractivity contribution in [1.29, 1.82) is 0 Å². The van der Waals surface area contributed by atoms with Gasteiger partial charge in [0.1, 0.15) is 0 Å². The standard InChI is InChI=1S/C21H38/c1-7-15(3)17-13-21(14-20(6,8-2)18(17)21)12-10-16-9-11-19(16,4)5/h15-18H,7-14H2,1-6H3. The van der Waals surface area contributed by atoms with Gasteiger partial charge in [-0.25, -0.2) is 0 Å². The summed E-state index contributed by atoms with van der Waals surface area (Å²) in [6, 6.07) is 0. The first-order valence-corrected chi connectivity index (χ1v) is 9.78. The molecule has 0 radical (unpaired) electrons. The highest BCUT2D eigenvalue weighted by molar-refractivity contribution is 5.18. The Morgan fingerprint density at radius 1 is 1.14 bits per heavy atom. The van der Waals surface area contributed by atoms with Gasteiger partial charge in [-0.3, -0.25) is 0 Å². The van der Waals surface area contributed by atoms with Crippen LogP contribution in [0.5, 0.6) is 0 Å². The maximum Gasteiger partial charge on any atom is -0.0253 e. The molecular formula is C21H38. The summed E-state index contributed by atoms with van der Waals surface area (Å²) < 4.78 is 0. The third-order valence-corrected chi connectivity index (χ3v) is 8.65. The van der Waals surface area contributed by atoms with Crippen LogP contribution in [0.4, 0.5) is 0 Å². The van der Waals surface area contributed by atoms with Crippen LogP contribution in [0.1, 0.15) is 92.9 Å². The number of rotatable bonds is 6. The molecule has 6 atom stereocenters. The third kappa shape index (κ3) is 2.22. The van der Waals surface area contributed by atoms with Crippen molar-refractivity contribution in [2.75, 3.05) is 0 Å². The predicted octanol–water partition coefficient (Wildman–Crippen LogP) is 6.69. The molecule has 3 rings (SSSR count). The fourth-order valence-electron chi connectivity index (χ4n) is 6.68. The molecule has 0 aromatic carbocycles. The van der Waals surface area contributed by atoms with Gasteiger partial charge in [0.25, 0.3) is 0 Å². The summed E-state index contributed by atoms with van der Waals surface area (Å²) in [5, 5.41) is 0. The maximum absolute atomic E-state index is 2.59. The van der Waals surface area contributed by atoms with Gasteiger partial charge in [0, 0.05) is 0 Å². The lowest BCUT2D eigenvalue weighted by molar-refractivity contribution is -0.258. The second kappa shape index (κ2) is 5.00. The molecular weight excluding hydrogens is 252 g/mol. The minimum atomic E-state index is 0.657. The minimum absolute atomic E-state index is 0.657. The Kier molecular flexibility index (Phi) is 3.78. The minimum Gasteiger partial charge on any atom is -0.0651 e. The summed E-state index contributed by atoms with van der Waals surface area (Å²) >= 11 is 0. The molecule has 3 saturated carbocycles. The van der Waals surface area contributed by atoms with Gasteiger partial charge in [-0.15, -0.1) is 0 Å². The van der Waals surface area contributed by atoms with E-state index in [1.54, 1.807) is 19.3 Å². The molecule has 3 fully saturated rings. The van der Waals surface area contributed by atoms with Crippen molar-refractivity contribution in [1.82, 2.24) is 0 Å². The summed E-state index contributed by atoms with van der Waals surface area (Å²) in [7, 11) is 0. The van der Waals surface area contributed by atoms with Crippen LogP contribution in [0.3, 0.4) is 0 Å². The molecule has 0 aromatic heterocycles. The van der Waals surface area contributed by atoms with Crippen LogP contribution in [0.15, 0.2) is 0 Å². The average molecular weight is 291 g/mol. The molecule has 0 aromatic rings. The lowest BCUT2D eigenvalue weighted by atomic mass is 9.30. The average Bonchev–Trinajstić information content (AvgIpc) is 2.42. The van der Waals surface area contributed by atoms with Gasteiger partial charge in [-0.2, -0.15) is 0 Å². The van der Waals surface area contributed by atoms with Crippen molar-refractivity contribution < 1.29 is 0 Å². The molecule has 3 aliphatic rings. The van der Waals surface area contributed by atoms with E-state index in [1.165, 1.54) is 32.1 Å². The third-order valence-electron chi connectivity index (χ3n) is 8.65. The van der Waals surface area contributed by atoms with E-state index in [9.17, 15) is 0 Å². The molecule has 0 heterocycles. The Morgan fingerprint density at radius 2 is 1.86 bits per heavy atom. The highest BCUT2D eigenvalue weighted by Gasteiger charge is 2.69. The lowest BCUT2D eigenvalue weighted by Gasteiger charge is -2.75. The van der Waals surface area contributed by atoms with Crippen molar-refractivity contribution in [3.05, 3.63) is 0 Å². The molecule has 0 bridgehead atoms. The Balaban J connectivity index is 1.63. The van der Waals surface area contributed by atoms with E-state index >= 15 is 0 Å². The Labute approximate surface area is 133 Å². The van der Waals surface area contributed by atoms with Crippen LogP contribution in [-0.4, -0.2) is 0 Å². The first-order valence-electron chi connectivity index (χ1n) is 9.78. The summed E-state index contributed by atoms with van der Waals surface area (Å²) in [6.45, 7) is 14.9. The van der Waals surface area contributed by atoms with Crippen LogP contribution in [-0.2, 0) is 0 Å². The maximum atomic E-state index is 2.59.